The van der Waals surface area contributed by atoms with Gasteiger partial charge in [-0.1, -0.05) is 127 Å². The summed E-state index contributed by atoms with van der Waals surface area (Å²) < 4.78 is 74.2. The van der Waals surface area contributed by atoms with Crippen molar-refractivity contribution in [1.82, 2.24) is 4.57 Å². The van der Waals surface area contributed by atoms with Crippen LogP contribution in [0, 0.1) is 29.1 Å². The number of fused-ring (bicyclic) bond motifs is 4. The van der Waals surface area contributed by atoms with E-state index in [0.29, 0.717) is 5.69 Å². The van der Waals surface area contributed by atoms with E-state index in [4.69, 9.17) is 0 Å². The van der Waals surface area contributed by atoms with E-state index in [1.54, 1.807) is 12.1 Å². The fourth-order valence-corrected chi connectivity index (χ4v) is 8.16. The average Bonchev–Trinajstić information content (AvgIpc) is 3.62. The predicted molar refractivity (Wildman–Crippen MR) is 229 cm³/mol. The Balaban J connectivity index is 1.06. The maximum atomic E-state index is 14.8. The second-order valence-electron chi connectivity index (χ2n) is 14.4. The Morgan fingerprint density at radius 2 is 0.831 bits per heavy atom. The zero-order chi connectivity index (χ0) is 40.2. The topological polar surface area (TPSA) is 8.17 Å². The van der Waals surface area contributed by atoms with Crippen LogP contribution in [0.25, 0.3) is 71.6 Å². The van der Waals surface area contributed by atoms with Gasteiger partial charge in [-0.2, -0.15) is 0 Å². The largest absolute Gasteiger partial charge is 0.311 e. The quantitative estimate of drug-likeness (QED) is 0.0889. The first-order chi connectivity index (χ1) is 28.9. The minimum absolute atomic E-state index is 0.147. The molecular weight excluding hydrogens is 748 g/mol. The molecule has 0 atom stereocenters. The molecule has 1 aromatic heterocycles. The zero-order valence-corrected chi connectivity index (χ0v) is 31.2. The van der Waals surface area contributed by atoms with E-state index in [2.05, 4.69) is 83.4 Å². The molecule has 9 aromatic carbocycles. The van der Waals surface area contributed by atoms with Crippen molar-refractivity contribution in [3.8, 4) is 39.1 Å². The summed E-state index contributed by atoms with van der Waals surface area (Å²) in [6, 6.07) is 61.7. The summed E-state index contributed by atoms with van der Waals surface area (Å²) in [5, 5.41) is 4.57. The highest BCUT2D eigenvalue weighted by Crippen LogP contribution is 2.41. The molecule has 0 bridgehead atoms. The maximum absolute atomic E-state index is 14.8. The minimum Gasteiger partial charge on any atom is -0.311 e. The fraction of sp³-hybridized carbons (Fsp3) is 0. The standard InChI is InChI=1S/C52H31F5N2/c53-48-47(49(54)51(56)52(57)50(48)55)35-21-28-40(29-22-35)58(39-26-19-34(20-27-39)42-15-8-10-33-9-4-5-13-41(33)42)38-24-17-32(18-25-38)36-23-30-44-43-14-6-7-16-45(43)59(46(44)31-36)37-11-2-1-3-12-37/h1-31H. The Morgan fingerprint density at radius 1 is 0.339 bits per heavy atom. The van der Waals surface area contributed by atoms with Crippen molar-refractivity contribution in [3.63, 3.8) is 0 Å². The summed E-state index contributed by atoms with van der Waals surface area (Å²) >= 11 is 0. The van der Waals surface area contributed by atoms with Crippen molar-refractivity contribution >= 4 is 49.6 Å². The SMILES string of the molecule is Fc1c(F)c(F)c(-c2ccc(N(c3ccc(-c4ccc5c6ccccc6n(-c6ccccc6)c5c4)cc3)c3ccc(-c4cccc5ccccc45)cc3)cc2)c(F)c1F. The third-order valence-corrected chi connectivity index (χ3v) is 11.0. The Morgan fingerprint density at radius 3 is 1.49 bits per heavy atom. The van der Waals surface area contributed by atoms with E-state index >= 15 is 0 Å². The average molecular weight is 779 g/mol. The van der Waals surface area contributed by atoms with Crippen LogP contribution >= 0.6 is 0 Å². The molecule has 0 saturated heterocycles. The fourth-order valence-electron chi connectivity index (χ4n) is 8.16. The summed E-state index contributed by atoms with van der Waals surface area (Å²) in [6.07, 6.45) is 0. The van der Waals surface area contributed by atoms with Gasteiger partial charge in [0.1, 0.15) is 0 Å². The van der Waals surface area contributed by atoms with Gasteiger partial charge in [-0.25, -0.2) is 22.0 Å². The van der Waals surface area contributed by atoms with Gasteiger partial charge in [-0.05, 0) is 99.3 Å². The molecule has 1 heterocycles. The number of hydrogen-bond acceptors (Lipinski definition) is 1. The molecule has 0 unspecified atom stereocenters. The number of benzene rings is 9. The first kappa shape index (κ1) is 35.9. The summed E-state index contributed by atoms with van der Waals surface area (Å²) in [4.78, 5) is 1.98. The van der Waals surface area contributed by atoms with E-state index in [9.17, 15) is 22.0 Å². The number of rotatable bonds is 7. The van der Waals surface area contributed by atoms with Crippen LogP contribution in [0.5, 0.6) is 0 Å². The molecule has 0 fully saturated rings. The van der Waals surface area contributed by atoms with Gasteiger partial charge in [0, 0.05) is 33.5 Å². The molecule has 2 nitrogen and oxygen atoms in total. The highest BCUT2D eigenvalue weighted by atomic mass is 19.2. The lowest BCUT2D eigenvalue weighted by Crippen LogP contribution is -2.10. The van der Waals surface area contributed by atoms with Gasteiger partial charge >= 0.3 is 0 Å². The van der Waals surface area contributed by atoms with Gasteiger partial charge in [0.05, 0.1) is 16.6 Å². The van der Waals surface area contributed by atoms with Crippen LogP contribution < -0.4 is 4.90 Å². The van der Waals surface area contributed by atoms with Crippen LogP contribution in [0.3, 0.4) is 0 Å². The Bertz CT molecular complexity index is 3160. The van der Waals surface area contributed by atoms with Crippen LogP contribution in [-0.2, 0) is 0 Å². The van der Waals surface area contributed by atoms with E-state index in [1.807, 2.05) is 89.8 Å². The lowest BCUT2D eigenvalue weighted by Gasteiger charge is -2.26. The normalized spacial score (nSPS) is 11.5. The summed E-state index contributed by atoms with van der Waals surface area (Å²) in [7, 11) is 0. The summed E-state index contributed by atoms with van der Waals surface area (Å²) in [5.74, 6) is -9.94. The molecule has 0 aliphatic heterocycles. The molecule has 0 radical (unpaired) electrons. The van der Waals surface area contributed by atoms with Crippen LogP contribution in [-0.4, -0.2) is 4.57 Å². The molecular formula is C52H31F5N2. The third kappa shape index (κ3) is 6.10. The highest BCUT2D eigenvalue weighted by Gasteiger charge is 2.27. The lowest BCUT2D eigenvalue weighted by atomic mass is 9.98. The van der Waals surface area contributed by atoms with Crippen LogP contribution in [0.2, 0.25) is 0 Å². The molecule has 10 aromatic rings. The van der Waals surface area contributed by atoms with Crippen molar-refractivity contribution in [2.45, 2.75) is 0 Å². The van der Waals surface area contributed by atoms with E-state index in [1.165, 1.54) is 17.5 Å². The molecule has 0 aliphatic rings. The smallest absolute Gasteiger partial charge is 0.200 e. The first-order valence-electron chi connectivity index (χ1n) is 19.0. The van der Waals surface area contributed by atoms with Crippen molar-refractivity contribution < 1.29 is 22.0 Å². The molecule has 0 amide bonds. The van der Waals surface area contributed by atoms with Crippen molar-refractivity contribution in [1.29, 1.82) is 0 Å². The van der Waals surface area contributed by atoms with E-state index in [-0.39, 0.29) is 5.56 Å². The van der Waals surface area contributed by atoms with Gasteiger partial charge in [0.2, 0.25) is 5.82 Å². The number of halogens is 5. The Kier molecular flexibility index (Phi) is 8.79. The number of anilines is 3. The molecule has 7 heteroatoms. The number of hydrogen-bond donors (Lipinski definition) is 0. The second-order valence-corrected chi connectivity index (χ2v) is 14.4. The molecule has 0 saturated carbocycles. The zero-order valence-electron chi connectivity index (χ0n) is 31.2. The second kappa shape index (κ2) is 14.5. The first-order valence-corrected chi connectivity index (χ1v) is 19.0. The highest BCUT2D eigenvalue weighted by molar-refractivity contribution is 6.10. The van der Waals surface area contributed by atoms with Crippen LogP contribution in [0.15, 0.2) is 188 Å². The van der Waals surface area contributed by atoms with Crippen molar-refractivity contribution in [2.75, 3.05) is 4.90 Å². The Hall–Kier alpha value is -7.51. The summed E-state index contributed by atoms with van der Waals surface area (Å²) in [5.41, 5.74) is 8.46. The summed E-state index contributed by atoms with van der Waals surface area (Å²) in [6.45, 7) is 0. The number of nitrogens with zero attached hydrogens (tertiary/aromatic N) is 2. The number of para-hydroxylation sites is 2. The van der Waals surface area contributed by atoms with Crippen molar-refractivity contribution in [2.24, 2.45) is 0 Å². The van der Waals surface area contributed by atoms with Gasteiger partial charge < -0.3 is 9.47 Å². The van der Waals surface area contributed by atoms with Gasteiger partial charge in [-0.3, -0.25) is 0 Å². The van der Waals surface area contributed by atoms with Crippen molar-refractivity contribution in [3.05, 3.63) is 217 Å². The molecule has 0 spiro atoms. The van der Waals surface area contributed by atoms with E-state index < -0.39 is 34.6 Å². The lowest BCUT2D eigenvalue weighted by molar-refractivity contribution is 0.381. The van der Waals surface area contributed by atoms with Crippen LogP contribution in [0.1, 0.15) is 0 Å². The van der Waals surface area contributed by atoms with E-state index in [0.717, 1.165) is 66.5 Å². The minimum atomic E-state index is -2.19. The van der Waals surface area contributed by atoms with Gasteiger partial charge in [-0.15, -0.1) is 0 Å². The number of aromatic nitrogens is 1. The monoisotopic (exact) mass is 778 g/mol. The molecule has 0 aliphatic carbocycles. The van der Waals surface area contributed by atoms with Gasteiger partial charge in [0.25, 0.3) is 0 Å². The Labute approximate surface area is 336 Å². The molecule has 10 rings (SSSR count). The third-order valence-electron chi connectivity index (χ3n) is 11.0. The maximum Gasteiger partial charge on any atom is 0.200 e. The van der Waals surface area contributed by atoms with Gasteiger partial charge in [0.15, 0.2) is 23.3 Å². The molecule has 59 heavy (non-hydrogen) atoms. The predicted octanol–water partition coefficient (Wildman–Crippen LogP) is 15.1. The molecule has 284 valence electrons. The molecule has 0 N–H and O–H groups in total. The van der Waals surface area contributed by atoms with Crippen LogP contribution in [0.4, 0.5) is 39.0 Å².